The molecular weight excluding hydrogens is 360 g/mol. The minimum Gasteiger partial charge on any atom is -0.480 e. The molecule has 148 valence electrons. The maximum atomic E-state index is 12.8. The van der Waals surface area contributed by atoms with Gasteiger partial charge in [0.1, 0.15) is 11.8 Å². The lowest BCUT2D eigenvalue weighted by molar-refractivity contribution is -0.147. The Hall–Kier alpha value is -3.09. The van der Waals surface area contributed by atoms with Gasteiger partial charge in [-0.1, -0.05) is 30.3 Å². The maximum Gasteiger partial charge on any atom is 0.329 e. The molecule has 0 bridgehead atoms. The monoisotopic (exact) mass is 384 g/mol. The lowest BCUT2D eigenvalue weighted by Gasteiger charge is -2.34. The molecule has 2 aromatic rings. The Labute approximate surface area is 163 Å². The lowest BCUT2D eigenvalue weighted by atomic mass is 9.90. The molecule has 1 fully saturated rings. The van der Waals surface area contributed by atoms with E-state index in [1.807, 2.05) is 30.3 Å². The Bertz CT molecular complexity index is 834. The van der Waals surface area contributed by atoms with Crippen LogP contribution in [0.5, 0.6) is 0 Å². The van der Waals surface area contributed by atoms with Gasteiger partial charge in [0, 0.05) is 19.5 Å². The summed E-state index contributed by atoms with van der Waals surface area (Å²) in [6.45, 7) is 2.34. The predicted molar refractivity (Wildman–Crippen MR) is 102 cm³/mol. The Kier molecular flexibility index (Phi) is 5.82. The number of carboxylic acids is 1. The number of hydrogen-bond donors (Lipinski definition) is 2. The van der Waals surface area contributed by atoms with Crippen LogP contribution >= 0.6 is 0 Å². The van der Waals surface area contributed by atoms with Crippen LogP contribution in [0.4, 0.5) is 0 Å². The zero-order chi connectivity index (χ0) is 20.1. The fraction of sp³-hybridized carbons (Fsp3) is 0.381. The molecule has 1 saturated heterocycles. The molecule has 2 atom stereocenters. The summed E-state index contributed by atoms with van der Waals surface area (Å²) < 4.78 is 4.96. The molecule has 2 N–H and O–H groups in total. The summed E-state index contributed by atoms with van der Waals surface area (Å²) in [5, 5.41) is 12.4. The minimum atomic E-state index is -1.42. The lowest BCUT2D eigenvalue weighted by Crippen LogP contribution is -2.57. The molecule has 1 aliphatic rings. The number of piperidine rings is 1. The van der Waals surface area contributed by atoms with Crippen LogP contribution in [0, 0.1) is 5.92 Å². The second kappa shape index (κ2) is 8.29. The summed E-state index contributed by atoms with van der Waals surface area (Å²) in [4.78, 5) is 38.8. The standard InChI is InChI=1S/C21H24N2O5/c1-21(20(26)27,12-15-6-3-2-4-7-15)22-18(24)16-8-5-10-23(13-16)19(25)17-9-11-28-14-17/h2-4,6-7,9,11,14,16H,5,8,10,12-13H2,1H3,(H,22,24)(H,26,27)/t16-,21-/m1/s1. The number of benzene rings is 1. The van der Waals surface area contributed by atoms with E-state index in [4.69, 9.17) is 4.42 Å². The van der Waals surface area contributed by atoms with Crippen molar-refractivity contribution in [3.63, 3.8) is 0 Å². The summed E-state index contributed by atoms with van der Waals surface area (Å²) in [6, 6.07) is 10.8. The molecule has 28 heavy (non-hydrogen) atoms. The van der Waals surface area contributed by atoms with Gasteiger partial charge in [-0.25, -0.2) is 4.79 Å². The minimum absolute atomic E-state index is 0.180. The Morgan fingerprint density at radius 2 is 2.00 bits per heavy atom. The fourth-order valence-electron chi connectivity index (χ4n) is 3.50. The molecule has 0 unspecified atom stereocenters. The number of rotatable bonds is 6. The van der Waals surface area contributed by atoms with Crippen molar-refractivity contribution < 1.29 is 23.9 Å². The Balaban J connectivity index is 1.67. The van der Waals surface area contributed by atoms with E-state index in [9.17, 15) is 19.5 Å². The third kappa shape index (κ3) is 4.42. The largest absolute Gasteiger partial charge is 0.480 e. The summed E-state index contributed by atoms with van der Waals surface area (Å²) in [7, 11) is 0. The highest BCUT2D eigenvalue weighted by atomic mass is 16.4. The van der Waals surface area contributed by atoms with Crippen LogP contribution < -0.4 is 5.32 Å². The normalized spacial score (nSPS) is 18.9. The smallest absolute Gasteiger partial charge is 0.329 e. The number of carbonyl (C=O) groups excluding carboxylic acids is 2. The van der Waals surface area contributed by atoms with Gasteiger partial charge in [-0.3, -0.25) is 9.59 Å². The third-order valence-corrected chi connectivity index (χ3v) is 5.12. The number of likely N-dealkylation sites (tertiary alicyclic amines) is 1. The van der Waals surface area contributed by atoms with E-state index in [0.29, 0.717) is 24.9 Å². The molecule has 1 aliphatic heterocycles. The summed E-state index contributed by atoms with van der Waals surface area (Å²) in [5.41, 5.74) is -0.149. The first-order valence-electron chi connectivity index (χ1n) is 9.30. The number of carbonyl (C=O) groups is 3. The zero-order valence-electron chi connectivity index (χ0n) is 15.8. The molecule has 2 heterocycles. The van der Waals surface area contributed by atoms with Crippen molar-refractivity contribution in [3.05, 3.63) is 60.1 Å². The SMILES string of the molecule is C[C@](Cc1ccccc1)(NC(=O)[C@@H]1CCCN(C(=O)c2ccoc2)C1)C(=O)O. The van der Waals surface area contributed by atoms with Gasteiger partial charge in [-0.2, -0.15) is 0 Å². The summed E-state index contributed by atoms with van der Waals surface area (Å²) >= 11 is 0. The van der Waals surface area contributed by atoms with Crippen molar-refractivity contribution in [1.82, 2.24) is 10.2 Å². The number of nitrogens with zero attached hydrogens (tertiary/aromatic N) is 1. The van der Waals surface area contributed by atoms with Gasteiger partial charge in [0.05, 0.1) is 17.7 Å². The predicted octanol–water partition coefficient (Wildman–Crippen LogP) is 2.33. The number of hydrogen-bond acceptors (Lipinski definition) is 4. The van der Waals surface area contributed by atoms with Crippen LogP contribution in [0.2, 0.25) is 0 Å². The first-order chi connectivity index (χ1) is 13.4. The number of furan rings is 1. The van der Waals surface area contributed by atoms with E-state index in [0.717, 1.165) is 5.56 Å². The highest BCUT2D eigenvalue weighted by Gasteiger charge is 2.38. The van der Waals surface area contributed by atoms with E-state index in [-0.39, 0.29) is 24.8 Å². The fourth-order valence-corrected chi connectivity index (χ4v) is 3.50. The first-order valence-corrected chi connectivity index (χ1v) is 9.30. The number of amides is 2. The van der Waals surface area contributed by atoms with Crippen molar-refractivity contribution in [2.24, 2.45) is 5.92 Å². The van der Waals surface area contributed by atoms with Gasteiger partial charge in [-0.05, 0) is 31.4 Å². The molecule has 0 radical (unpaired) electrons. The van der Waals surface area contributed by atoms with E-state index >= 15 is 0 Å². The Morgan fingerprint density at radius 1 is 1.25 bits per heavy atom. The second-order valence-electron chi connectivity index (χ2n) is 7.39. The van der Waals surface area contributed by atoms with Crippen molar-refractivity contribution in [2.75, 3.05) is 13.1 Å². The van der Waals surface area contributed by atoms with Gasteiger partial charge < -0.3 is 19.7 Å². The third-order valence-electron chi connectivity index (χ3n) is 5.12. The Morgan fingerprint density at radius 3 is 2.64 bits per heavy atom. The number of carboxylic acid groups (broad SMARTS) is 1. The average Bonchev–Trinajstić information content (AvgIpc) is 3.23. The summed E-state index contributed by atoms with van der Waals surface area (Å²) in [6.07, 6.45) is 4.29. The molecule has 1 aromatic carbocycles. The van der Waals surface area contributed by atoms with Crippen molar-refractivity contribution in [3.8, 4) is 0 Å². The number of aliphatic carboxylic acids is 1. The molecular formula is C21H24N2O5. The van der Waals surface area contributed by atoms with E-state index in [1.165, 1.54) is 19.5 Å². The molecule has 3 rings (SSSR count). The van der Waals surface area contributed by atoms with Gasteiger partial charge in [0.2, 0.25) is 5.91 Å². The van der Waals surface area contributed by atoms with Crippen LogP contribution in [-0.2, 0) is 16.0 Å². The number of nitrogens with one attached hydrogen (secondary N) is 1. The van der Waals surface area contributed by atoms with Crippen molar-refractivity contribution >= 4 is 17.8 Å². The highest BCUT2D eigenvalue weighted by Crippen LogP contribution is 2.21. The van der Waals surface area contributed by atoms with Crippen LogP contribution in [-0.4, -0.2) is 46.4 Å². The van der Waals surface area contributed by atoms with Crippen molar-refractivity contribution in [1.29, 1.82) is 0 Å². The zero-order valence-corrected chi connectivity index (χ0v) is 15.8. The first kappa shape index (κ1) is 19.7. The molecule has 0 spiro atoms. The van der Waals surface area contributed by atoms with Crippen LogP contribution in [0.3, 0.4) is 0 Å². The topological polar surface area (TPSA) is 99.9 Å². The molecule has 7 heteroatoms. The van der Waals surface area contributed by atoms with Crippen LogP contribution in [0.25, 0.3) is 0 Å². The van der Waals surface area contributed by atoms with Gasteiger partial charge >= 0.3 is 5.97 Å². The summed E-state index contributed by atoms with van der Waals surface area (Å²) in [5.74, 6) is -2.06. The molecule has 0 saturated carbocycles. The molecule has 0 aliphatic carbocycles. The van der Waals surface area contributed by atoms with E-state index < -0.39 is 17.4 Å². The van der Waals surface area contributed by atoms with Gasteiger partial charge in [0.15, 0.2) is 0 Å². The van der Waals surface area contributed by atoms with Gasteiger partial charge in [-0.15, -0.1) is 0 Å². The van der Waals surface area contributed by atoms with E-state index in [1.54, 1.807) is 11.0 Å². The molecule has 1 aromatic heterocycles. The van der Waals surface area contributed by atoms with Crippen LogP contribution in [0.15, 0.2) is 53.3 Å². The molecule has 2 amide bonds. The highest BCUT2D eigenvalue weighted by molar-refractivity contribution is 5.94. The second-order valence-corrected chi connectivity index (χ2v) is 7.39. The average molecular weight is 384 g/mol. The van der Waals surface area contributed by atoms with E-state index in [2.05, 4.69) is 5.32 Å². The van der Waals surface area contributed by atoms with Crippen molar-refractivity contribution in [2.45, 2.75) is 31.7 Å². The van der Waals surface area contributed by atoms with Gasteiger partial charge in [0.25, 0.3) is 5.91 Å². The maximum absolute atomic E-state index is 12.8. The van der Waals surface area contributed by atoms with Crippen LogP contribution in [0.1, 0.15) is 35.7 Å². The molecule has 7 nitrogen and oxygen atoms in total. The quantitative estimate of drug-likeness (QED) is 0.796.